The van der Waals surface area contributed by atoms with Crippen LogP contribution >= 0.6 is 0 Å². The summed E-state index contributed by atoms with van der Waals surface area (Å²) in [4.78, 5) is 25.5. The molecule has 1 N–H and O–H groups in total. The Kier molecular flexibility index (Phi) is 6.88. The van der Waals surface area contributed by atoms with Crippen LogP contribution in [0.2, 0.25) is 0 Å². The smallest absolute Gasteiger partial charge is 0.338 e. The number of benzene rings is 1. The molecule has 4 rings (SSSR count). The Hall–Kier alpha value is -2.67. The van der Waals surface area contributed by atoms with Crippen molar-refractivity contribution in [3.8, 4) is 0 Å². The average Bonchev–Trinajstić information content (AvgIpc) is 3.07. The van der Waals surface area contributed by atoms with Crippen molar-refractivity contribution in [1.82, 2.24) is 15.1 Å². The van der Waals surface area contributed by atoms with Crippen LogP contribution in [0.15, 0.2) is 18.2 Å². The first kappa shape index (κ1) is 23.5. The molecule has 2 aromatic rings. The molecule has 2 aliphatic heterocycles. The summed E-state index contributed by atoms with van der Waals surface area (Å²) in [5.41, 5.74) is 5.40. The van der Waals surface area contributed by atoms with Crippen molar-refractivity contribution >= 4 is 11.9 Å². The van der Waals surface area contributed by atoms with Crippen molar-refractivity contribution in [3.63, 3.8) is 0 Å². The number of hydrogen-bond acceptors (Lipinski definition) is 5. The van der Waals surface area contributed by atoms with Crippen LogP contribution in [0.5, 0.6) is 0 Å². The van der Waals surface area contributed by atoms with Gasteiger partial charge in [0.15, 0.2) is 0 Å². The van der Waals surface area contributed by atoms with Crippen LogP contribution in [-0.2, 0) is 28.9 Å². The first-order chi connectivity index (χ1) is 15.8. The van der Waals surface area contributed by atoms with Crippen molar-refractivity contribution < 1.29 is 19.1 Å². The lowest BCUT2D eigenvalue weighted by Gasteiger charge is -2.36. The van der Waals surface area contributed by atoms with Gasteiger partial charge in [-0.1, -0.05) is 19.9 Å². The van der Waals surface area contributed by atoms with Crippen LogP contribution in [0.4, 0.5) is 0 Å². The molecule has 0 unspecified atom stereocenters. The van der Waals surface area contributed by atoms with Crippen molar-refractivity contribution in [2.45, 2.75) is 59.9 Å². The van der Waals surface area contributed by atoms with Crippen LogP contribution < -0.4 is 5.32 Å². The Balaban J connectivity index is 1.49. The Morgan fingerprint density at radius 1 is 1.27 bits per heavy atom. The van der Waals surface area contributed by atoms with Gasteiger partial charge in [0.1, 0.15) is 0 Å². The molecule has 0 aliphatic carbocycles. The second-order valence-corrected chi connectivity index (χ2v) is 9.78. The van der Waals surface area contributed by atoms with E-state index in [1.165, 1.54) is 0 Å². The fourth-order valence-electron chi connectivity index (χ4n) is 4.84. The van der Waals surface area contributed by atoms with Crippen molar-refractivity contribution in [3.05, 3.63) is 51.8 Å². The molecule has 7 nitrogen and oxygen atoms in total. The topological polar surface area (TPSA) is 82.5 Å². The first-order valence-electron chi connectivity index (χ1n) is 12.0. The lowest BCUT2D eigenvalue weighted by molar-refractivity contribution is 0.0151. The molecule has 1 amide bonds. The van der Waals surface area contributed by atoms with Crippen molar-refractivity contribution in [2.75, 3.05) is 26.4 Å². The van der Waals surface area contributed by atoms with Crippen LogP contribution in [0.25, 0.3) is 0 Å². The molecular weight excluding hydrogens is 418 g/mol. The van der Waals surface area contributed by atoms with Gasteiger partial charge in [-0.15, -0.1) is 0 Å². The summed E-state index contributed by atoms with van der Waals surface area (Å²) in [5.74, 6) is -0.268. The van der Waals surface area contributed by atoms with Gasteiger partial charge in [0, 0.05) is 32.2 Å². The maximum Gasteiger partial charge on any atom is 0.338 e. The van der Waals surface area contributed by atoms with Crippen LogP contribution in [0.3, 0.4) is 0 Å². The SMILES string of the molecule is CCc1nn(C[C@@H](C)COC(=O)c2ccc(C)c(C)c2)c2c1C(=O)NCC1(CCOCC1)C2. The first-order valence-corrected chi connectivity index (χ1v) is 12.0. The monoisotopic (exact) mass is 453 g/mol. The van der Waals surface area contributed by atoms with E-state index in [0.717, 1.165) is 60.6 Å². The standard InChI is InChI=1S/C26H35N3O4/c1-5-21-23-22(13-26(16-27-24(23)30)8-10-32-11-9-26)29(28-21)14-17(2)15-33-25(31)20-7-6-18(3)19(4)12-20/h6-7,12,17H,5,8-11,13-16H2,1-4H3,(H,27,30)/t17-/m1/s1. The number of nitrogens with one attached hydrogen (secondary N) is 1. The third-order valence-corrected chi connectivity index (χ3v) is 7.14. The highest BCUT2D eigenvalue weighted by Gasteiger charge is 2.39. The second kappa shape index (κ2) is 9.67. The average molecular weight is 454 g/mol. The summed E-state index contributed by atoms with van der Waals surface area (Å²) < 4.78 is 13.2. The van der Waals surface area contributed by atoms with Gasteiger partial charge < -0.3 is 14.8 Å². The molecule has 0 radical (unpaired) electrons. The number of rotatable bonds is 6. The Bertz CT molecular complexity index is 1040. The zero-order valence-corrected chi connectivity index (χ0v) is 20.2. The fraction of sp³-hybridized carbons (Fsp3) is 0.577. The quantitative estimate of drug-likeness (QED) is 0.676. The van der Waals surface area contributed by atoms with Gasteiger partial charge in [0.05, 0.1) is 29.1 Å². The molecule has 7 heteroatoms. The molecule has 0 bridgehead atoms. The highest BCUT2D eigenvalue weighted by Crippen LogP contribution is 2.37. The minimum atomic E-state index is -0.306. The number of esters is 1. The zero-order chi connectivity index (χ0) is 23.6. The molecule has 33 heavy (non-hydrogen) atoms. The zero-order valence-electron chi connectivity index (χ0n) is 20.2. The van der Waals surface area contributed by atoms with Gasteiger partial charge >= 0.3 is 5.97 Å². The summed E-state index contributed by atoms with van der Waals surface area (Å²) >= 11 is 0. The molecule has 2 aliphatic rings. The third-order valence-electron chi connectivity index (χ3n) is 7.14. The Morgan fingerprint density at radius 3 is 2.73 bits per heavy atom. The van der Waals surface area contributed by atoms with E-state index in [1.54, 1.807) is 0 Å². The van der Waals surface area contributed by atoms with Gasteiger partial charge in [-0.2, -0.15) is 5.10 Å². The molecule has 1 atom stereocenters. The number of carbonyl (C=O) groups is 2. The van der Waals surface area contributed by atoms with Gasteiger partial charge in [-0.05, 0) is 68.2 Å². The summed E-state index contributed by atoms with van der Waals surface area (Å²) in [6.45, 7) is 11.1. The number of aryl methyl sites for hydroxylation is 3. The van der Waals surface area contributed by atoms with E-state index < -0.39 is 0 Å². The number of fused-ring (bicyclic) bond motifs is 1. The molecule has 178 valence electrons. The third kappa shape index (κ3) is 4.98. The maximum atomic E-state index is 13.0. The Morgan fingerprint density at radius 2 is 2.03 bits per heavy atom. The predicted octanol–water partition coefficient (Wildman–Crippen LogP) is 3.64. The number of nitrogens with zero attached hydrogens (tertiary/aromatic N) is 2. The van der Waals surface area contributed by atoms with E-state index in [1.807, 2.05) is 50.6 Å². The lowest BCUT2D eigenvalue weighted by atomic mass is 9.76. The normalized spacial score (nSPS) is 18.4. The molecule has 0 saturated carbocycles. The molecule has 1 fully saturated rings. The van der Waals surface area contributed by atoms with E-state index in [4.69, 9.17) is 14.6 Å². The number of ether oxygens (including phenoxy) is 2. The molecular formula is C26H35N3O4. The Labute approximate surface area is 195 Å². The molecule has 1 aromatic heterocycles. The van der Waals surface area contributed by atoms with Gasteiger partial charge in [-0.3, -0.25) is 9.48 Å². The minimum Gasteiger partial charge on any atom is -0.462 e. The van der Waals surface area contributed by atoms with Crippen LogP contribution in [-0.4, -0.2) is 48.0 Å². The summed E-state index contributed by atoms with van der Waals surface area (Å²) in [5, 5.41) is 7.96. The van der Waals surface area contributed by atoms with Crippen molar-refractivity contribution in [1.29, 1.82) is 0 Å². The second-order valence-electron chi connectivity index (χ2n) is 9.78. The summed E-state index contributed by atoms with van der Waals surface area (Å²) in [7, 11) is 0. The van der Waals surface area contributed by atoms with E-state index in [2.05, 4.69) is 5.32 Å². The number of hydrogen-bond donors (Lipinski definition) is 1. The molecule has 3 heterocycles. The summed E-state index contributed by atoms with van der Waals surface area (Å²) in [6, 6.07) is 5.62. The van der Waals surface area contributed by atoms with E-state index in [0.29, 0.717) is 31.7 Å². The molecule has 1 aromatic carbocycles. The van der Waals surface area contributed by atoms with Gasteiger partial charge in [0.2, 0.25) is 0 Å². The molecule has 1 spiro atoms. The van der Waals surface area contributed by atoms with Gasteiger partial charge in [0.25, 0.3) is 5.91 Å². The van der Waals surface area contributed by atoms with E-state index >= 15 is 0 Å². The van der Waals surface area contributed by atoms with Crippen molar-refractivity contribution in [2.24, 2.45) is 11.3 Å². The number of carbonyl (C=O) groups excluding carboxylic acids is 2. The van der Waals surface area contributed by atoms with Gasteiger partial charge in [-0.25, -0.2) is 4.79 Å². The number of aromatic nitrogens is 2. The lowest BCUT2D eigenvalue weighted by Crippen LogP contribution is -2.41. The highest BCUT2D eigenvalue weighted by atomic mass is 16.5. The largest absolute Gasteiger partial charge is 0.462 e. The number of amides is 1. The van der Waals surface area contributed by atoms with Crippen LogP contribution in [0, 0.1) is 25.2 Å². The highest BCUT2D eigenvalue weighted by molar-refractivity contribution is 5.97. The van der Waals surface area contributed by atoms with Crippen LogP contribution in [0.1, 0.15) is 69.9 Å². The van der Waals surface area contributed by atoms with E-state index in [-0.39, 0.29) is 23.2 Å². The van der Waals surface area contributed by atoms with E-state index in [9.17, 15) is 9.59 Å². The molecule has 1 saturated heterocycles. The predicted molar refractivity (Wildman–Crippen MR) is 125 cm³/mol. The summed E-state index contributed by atoms with van der Waals surface area (Å²) in [6.07, 6.45) is 3.38. The maximum absolute atomic E-state index is 13.0. The minimum absolute atomic E-state index is 0.0148. The fourth-order valence-corrected chi connectivity index (χ4v) is 4.84.